The van der Waals surface area contributed by atoms with E-state index in [1.165, 1.54) is 31.7 Å². The average molecular weight is 431 g/mol. The van der Waals surface area contributed by atoms with Crippen molar-refractivity contribution in [3.05, 3.63) is 48.0 Å². The van der Waals surface area contributed by atoms with Crippen molar-refractivity contribution in [3.8, 4) is 17.2 Å². The molecule has 5 nitrogen and oxygen atoms in total. The van der Waals surface area contributed by atoms with Crippen molar-refractivity contribution in [2.75, 3.05) is 0 Å². The second-order valence-corrected chi connectivity index (χ2v) is 8.09. The molecule has 0 aromatic heterocycles. The maximum absolute atomic E-state index is 12.7. The van der Waals surface area contributed by atoms with Gasteiger partial charge in [-0.1, -0.05) is 75.0 Å². The maximum Gasteiger partial charge on any atom is 1.00 e. The fourth-order valence-corrected chi connectivity index (χ4v) is 3.48. The van der Waals surface area contributed by atoms with Gasteiger partial charge in [-0.25, -0.2) is 0 Å². The number of ether oxygens (including phenoxy) is 1. The van der Waals surface area contributed by atoms with Crippen LogP contribution in [-0.4, -0.2) is 13.0 Å². The fourth-order valence-electron chi connectivity index (χ4n) is 2.93. The first-order valence-electron chi connectivity index (χ1n) is 9.46. The summed E-state index contributed by atoms with van der Waals surface area (Å²) >= 11 is 0. The van der Waals surface area contributed by atoms with Crippen molar-refractivity contribution in [3.63, 3.8) is 0 Å². The van der Waals surface area contributed by atoms with Crippen molar-refractivity contribution in [1.82, 2.24) is 0 Å². The first-order chi connectivity index (χ1) is 12.9. The minimum atomic E-state index is -4.42. The number of rotatable bonds is 11. The summed E-state index contributed by atoms with van der Waals surface area (Å²) in [7, 11) is -4.42. The zero-order valence-electron chi connectivity index (χ0n) is 16.7. The molecule has 0 fully saturated rings. The van der Waals surface area contributed by atoms with Crippen LogP contribution in [0.5, 0.6) is 17.2 Å². The molecule has 1 N–H and O–H groups in total. The molecule has 0 aliphatic heterocycles. The Bertz CT molecular complexity index is 822. The topological polar surface area (TPSA) is 86.7 Å². The van der Waals surface area contributed by atoms with Crippen molar-refractivity contribution >= 4 is 10.1 Å². The predicted octanol–water partition coefficient (Wildman–Crippen LogP) is 2.10. The summed E-state index contributed by atoms with van der Waals surface area (Å²) in [5, 5.41) is 12.7. The molecule has 0 heterocycles. The Kier molecular flexibility index (Phi) is 11.9. The monoisotopic (exact) mass is 430 g/mol. The molecule has 0 radical (unpaired) electrons. The van der Waals surface area contributed by atoms with Crippen LogP contribution >= 0.6 is 0 Å². The number of para-hydroxylation sites is 1. The number of hydrogen-bond donors (Lipinski definition) is 1. The molecule has 0 atom stereocenters. The van der Waals surface area contributed by atoms with E-state index in [-0.39, 0.29) is 67.8 Å². The number of unbranched alkanes of at least 4 members (excludes halogenated alkanes) is 6. The minimum Gasteiger partial charge on any atom is -0.870 e. The van der Waals surface area contributed by atoms with Gasteiger partial charge in [-0.3, -0.25) is 4.55 Å². The van der Waals surface area contributed by atoms with E-state index in [0.717, 1.165) is 25.3 Å². The summed E-state index contributed by atoms with van der Waals surface area (Å²) < 4.78 is 38.1. The predicted molar refractivity (Wildman–Crippen MR) is 104 cm³/mol. The number of aryl methyl sites for hydroxylation is 1. The molecule has 148 valence electrons. The molecule has 0 aliphatic carbocycles. The average Bonchev–Trinajstić information content (AvgIpc) is 2.63. The molecular formula is C21H27KO5S. The van der Waals surface area contributed by atoms with E-state index in [9.17, 15) is 18.1 Å². The van der Waals surface area contributed by atoms with Crippen molar-refractivity contribution in [2.45, 2.75) is 63.2 Å². The van der Waals surface area contributed by atoms with Crippen LogP contribution < -0.4 is 61.2 Å². The van der Waals surface area contributed by atoms with Crippen LogP contribution in [0.4, 0.5) is 0 Å². The van der Waals surface area contributed by atoms with Crippen LogP contribution in [0.2, 0.25) is 0 Å². The molecule has 7 heteroatoms. The quantitative estimate of drug-likeness (QED) is 0.335. The van der Waals surface area contributed by atoms with Gasteiger partial charge < -0.3 is 9.84 Å². The van der Waals surface area contributed by atoms with E-state index < -0.39 is 10.1 Å². The molecule has 0 unspecified atom stereocenters. The van der Waals surface area contributed by atoms with Gasteiger partial charge in [0, 0.05) is 6.07 Å². The van der Waals surface area contributed by atoms with Gasteiger partial charge in [-0.2, -0.15) is 8.42 Å². The Hall–Kier alpha value is -0.414. The van der Waals surface area contributed by atoms with Crippen LogP contribution in [0, 0.1) is 0 Å². The van der Waals surface area contributed by atoms with E-state index in [1.807, 2.05) is 6.07 Å². The Labute approximate surface area is 210 Å². The smallest absolute Gasteiger partial charge is 0.870 e. The second kappa shape index (κ2) is 13.0. The largest absolute Gasteiger partial charge is 1.00 e. The standard InChI is InChI=1S/C21H28O5S.K/c1-2-3-4-5-6-7-9-12-17-15-19(27(23,24)25)16-20(21(17)22)26-18-13-10-8-11-14-18;/h8,10-11,13-16,22H,2-7,9,12H2,1H3,(H,23,24,25);/q;+1/p-1. The van der Waals surface area contributed by atoms with Crippen LogP contribution in [0.15, 0.2) is 47.4 Å². The van der Waals surface area contributed by atoms with Crippen molar-refractivity contribution in [1.29, 1.82) is 0 Å². The third kappa shape index (κ3) is 8.53. The van der Waals surface area contributed by atoms with Gasteiger partial charge in [-0.05, 0) is 31.0 Å². The van der Waals surface area contributed by atoms with Gasteiger partial charge in [0.2, 0.25) is 0 Å². The summed E-state index contributed by atoms with van der Waals surface area (Å²) in [6.07, 6.45) is 8.16. The summed E-state index contributed by atoms with van der Waals surface area (Å²) in [6, 6.07) is 11.0. The zero-order chi connectivity index (χ0) is 19.7. The Morgan fingerprint density at radius 1 is 0.964 bits per heavy atom. The fraction of sp³-hybridized carbons (Fsp3) is 0.429. The minimum absolute atomic E-state index is 0. The van der Waals surface area contributed by atoms with E-state index in [1.54, 1.807) is 24.3 Å². The van der Waals surface area contributed by atoms with Crippen molar-refractivity contribution < 1.29 is 74.2 Å². The van der Waals surface area contributed by atoms with Gasteiger partial charge in [0.05, 0.1) is 4.90 Å². The summed E-state index contributed by atoms with van der Waals surface area (Å²) in [5.41, 5.74) is 0.351. The van der Waals surface area contributed by atoms with Gasteiger partial charge in [0.25, 0.3) is 10.1 Å². The van der Waals surface area contributed by atoms with Crippen LogP contribution in [0.3, 0.4) is 0 Å². The van der Waals surface area contributed by atoms with E-state index in [2.05, 4.69) is 6.92 Å². The molecule has 2 aromatic rings. The van der Waals surface area contributed by atoms with Crippen molar-refractivity contribution in [2.24, 2.45) is 0 Å². The summed E-state index contributed by atoms with van der Waals surface area (Å²) in [6.45, 7) is 2.17. The Morgan fingerprint density at radius 3 is 2.18 bits per heavy atom. The molecule has 0 amide bonds. The molecule has 0 spiro atoms. The third-order valence-corrected chi connectivity index (χ3v) is 5.26. The molecule has 0 aliphatic rings. The maximum atomic E-state index is 12.7. The first-order valence-corrected chi connectivity index (χ1v) is 10.9. The zero-order valence-corrected chi connectivity index (χ0v) is 20.6. The normalized spacial score (nSPS) is 11.1. The Balaban J connectivity index is 0.00000392. The first kappa shape index (κ1) is 25.6. The van der Waals surface area contributed by atoms with Gasteiger partial charge in [0.15, 0.2) is 0 Å². The molecule has 2 aromatic carbocycles. The van der Waals surface area contributed by atoms with Gasteiger partial charge in [0.1, 0.15) is 11.5 Å². The molecule has 0 saturated heterocycles. The second-order valence-electron chi connectivity index (χ2n) is 6.67. The third-order valence-electron chi connectivity index (χ3n) is 4.42. The SMILES string of the molecule is CCCCCCCCCc1cc(S(=O)(=O)O)cc(Oc2ccccc2)c1[O-].[K+]. The van der Waals surface area contributed by atoms with Gasteiger partial charge in [-0.15, -0.1) is 0 Å². The number of benzene rings is 2. The molecule has 2 rings (SSSR count). The van der Waals surface area contributed by atoms with Crippen LogP contribution in [0.1, 0.15) is 57.4 Å². The summed E-state index contributed by atoms with van der Waals surface area (Å²) in [5.74, 6) is 0.00969. The molecule has 0 saturated carbocycles. The Morgan fingerprint density at radius 2 is 1.57 bits per heavy atom. The molecular weight excluding hydrogens is 403 g/mol. The van der Waals surface area contributed by atoms with E-state index >= 15 is 0 Å². The summed E-state index contributed by atoms with van der Waals surface area (Å²) in [4.78, 5) is -0.314. The number of hydrogen-bond acceptors (Lipinski definition) is 4. The van der Waals surface area contributed by atoms with E-state index in [0.29, 0.717) is 17.7 Å². The molecule has 0 bridgehead atoms. The van der Waals surface area contributed by atoms with Crippen LogP contribution in [-0.2, 0) is 16.5 Å². The van der Waals surface area contributed by atoms with Gasteiger partial charge >= 0.3 is 51.4 Å². The van der Waals surface area contributed by atoms with E-state index in [4.69, 9.17) is 4.74 Å². The van der Waals surface area contributed by atoms with Crippen LogP contribution in [0.25, 0.3) is 0 Å². The molecule has 28 heavy (non-hydrogen) atoms.